The van der Waals surface area contributed by atoms with Gasteiger partial charge in [-0.1, -0.05) is 12.2 Å². The summed E-state index contributed by atoms with van der Waals surface area (Å²) in [6.45, 7) is 3.11. The van der Waals surface area contributed by atoms with Crippen LogP contribution in [0.5, 0.6) is 0 Å². The number of carboxylic acids is 1. The van der Waals surface area contributed by atoms with Gasteiger partial charge in [0.25, 0.3) is 11.9 Å². The summed E-state index contributed by atoms with van der Waals surface area (Å²) in [4.78, 5) is 37.4. The minimum Gasteiger partial charge on any atom is -0.481 e. The topological polar surface area (TPSA) is 122 Å². The molecule has 8 nitrogen and oxygen atoms in total. The van der Waals surface area contributed by atoms with Crippen LogP contribution in [0, 0.1) is 0 Å². The molecule has 3 heterocycles. The monoisotopic (exact) mass is 449 g/mol. The third kappa shape index (κ3) is 5.72. The summed E-state index contributed by atoms with van der Waals surface area (Å²) < 4.78 is 6.23. The van der Waals surface area contributed by atoms with Crippen LogP contribution >= 0.6 is 11.3 Å². The molecule has 2 aliphatic heterocycles. The molecule has 1 aromatic rings. The van der Waals surface area contributed by atoms with Crippen LogP contribution in [0.1, 0.15) is 59.1 Å². The van der Waals surface area contributed by atoms with Crippen LogP contribution < -0.4 is 11.1 Å². The van der Waals surface area contributed by atoms with Gasteiger partial charge in [-0.3, -0.25) is 14.4 Å². The highest BCUT2D eigenvalue weighted by atomic mass is 32.1. The molecule has 1 aliphatic carbocycles. The Hall–Kier alpha value is -2.23. The molecule has 1 spiro atoms. The Bertz CT molecular complexity index is 838. The summed E-state index contributed by atoms with van der Waals surface area (Å²) in [5, 5.41) is 10.6. The summed E-state index contributed by atoms with van der Waals surface area (Å²) >= 11 is 1.59. The van der Waals surface area contributed by atoms with Gasteiger partial charge in [0, 0.05) is 37.4 Å². The molecule has 2 amide bonds. The van der Waals surface area contributed by atoms with E-state index < -0.39 is 5.97 Å². The highest BCUT2D eigenvalue weighted by molar-refractivity contribution is 7.14. The number of carboxylic acid groups (broad SMARTS) is 1. The zero-order chi connectivity index (χ0) is 22.4. The number of carbonyl (C=O) groups excluding carboxylic acids is 2. The van der Waals surface area contributed by atoms with Gasteiger partial charge in [0.2, 0.25) is 5.91 Å². The van der Waals surface area contributed by atoms with Gasteiger partial charge in [0.15, 0.2) is 0 Å². The zero-order valence-corrected chi connectivity index (χ0v) is 18.7. The fourth-order valence-corrected chi connectivity index (χ4v) is 5.50. The van der Waals surface area contributed by atoms with E-state index in [1.165, 1.54) is 4.88 Å². The highest BCUT2D eigenvalue weighted by Crippen LogP contribution is 2.44. The number of thiophene rings is 1. The maximum atomic E-state index is 12.7. The molecule has 3 aliphatic rings. The first kappa shape index (κ1) is 23.4. The normalized spacial score (nSPS) is 21.6. The predicted molar refractivity (Wildman–Crippen MR) is 118 cm³/mol. The molecule has 1 aromatic heterocycles. The number of piperidine rings is 1. The van der Waals surface area contributed by atoms with Crippen molar-refractivity contribution in [2.24, 2.45) is 5.73 Å². The Morgan fingerprint density at radius 3 is 2.68 bits per heavy atom. The molecule has 4 rings (SSSR count). The quantitative estimate of drug-likeness (QED) is 0.607. The van der Waals surface area contributed by atoms with Crippen molar-refractivity contribution < 1.29 is 24.2 Å². The number of ether oxygens (including phenoxy) is 1. The first-order chi connectivity index (χ1) is 14.8. The molecule has 170 valence electrons. The van der Waals surface area contributed by atoms with E-state index in [0.29, 0.717) is 19.7 Å². The second-order valence-electron chi connectivity index (χ2n) is 8.08. The number of nitrogens with one attached hydrogen (secondary N) is 1. The van der Waals surface area contributed by atoms with Gasteiger partial charge < -0.3 is 25.8 Å². The van der Waals surface area contributed by atoms with Crippen molar-refractivity contribution in [3.8, 4) is 0 Å². The fourth-order valence-electron chi connectivity index (χ4n) is 4.36. The van der Waals surface area contributed by atoms with E-state index in [2.05, 4.69) is 17.5 Å². The predicted octanol–water partition coefficient (Wildman–Crippen LogP) is 2.03. The molecule has 1 unspecified atom stereocenters. The molecule has 0 bridgehead atoms. The molecule has 31 heavy (non-hydrogen) atoms. The van der Waals surface area contributed by atoms with E-state index in [4.69, 9.17) is 20.4 Å². The third-order valence-electron chi connectivity index (χ3n) is 5.90. The minimum absolute atomic E-state index is 0.00759. The zero-order valence-electron chi connectivity index (χ0n) is 17.9. The number of nitrogens with two attached hydrogens (primary N) is 1. The summed E-state index contributed by atoms with van der Waals surface area (Å²) in [5.74, 6) is -0.830. The summed E-state index contributed by atoms with van der Waals surface area (Å²) in [5.41, 5.74) is 6.29. The lowest BCUT2D eigenvalue weighted by atomic mass is 9.82. The Kier molecular flexibility index (Phi) is 7.85. The van der Waals surface area contributed by atoms with Crippen molar-refractivity contribution in [3.63, 3.8) is 0 Å². The largest absolute Gasteiger partial charge is 0.481 e. The third-order valence-corrected chi connectivity index (χ3v) is 7.09. The number of likely N-dealkylation sites (tertiary alicyclic amines) is 1. The number of carbonyl (C=O) groups is 3. The van der Waals surface area contributed by atoms with Crippen LogP contribution in [-0.4, -0.2) is 60.1 Å². The molecule has 0 aromatic carbocycles. The van der Waals surface area contributed by atoms with Crippen molar-refractivity contribution >= 4 is 29.1 Å². The van der Waals surface area contributed by atoms with E-state index in [0.717, 1.165) is 55.9 Å². The maximum absolute atomic E-state index is 12.7. The number of rotatable bonds is 3. The molecule has 9 heteroatoms. The van der Waals surface area contributed by atoms with Crippen molar-refractivity contribution in [3.05, 3.63) is 33.5 Å². The number of allylic oxidation sites excluding steroid dienone is 1. The number of hydrogen-bond acceptors (Lipinski definition) is 6. The lowest BCUT2D eigenvalue weighted by molar-refractivity contribution is -0.139. The van der Waals surface area contributed by atoms with E-state index in [-0.39, 0.29) is 30.0 Å². The lowest BCUT2D eigenvalue weighted by Crippen LogP contribution is -2.49. The molecular weight excluding hydrogens is 418 g/mol. The van der Waals surface area contributed by atoms with Crippen molar-refractivity contribution in [2.45, 2.75) is 57.1 Å². The summed E-state index contributed by atoms with van der Waals surface area (Å²) in [6, 6.07) is 2.17. The molecule has 0 radical (unpaired) electrons. The van der Waals surface area contributed by atoms with Crippen LogP contribution in [0.4, 0.5) is 0 Å². The average molecular weight is 450 g/mol. The molecule has 0 saturated carbocycles. The summed E-state index contributed by atoms with van der Waals surface area (Å²) in [6.07, 6.45) is 9.84. The number of amides is 2. The van der Waals surface area contributed by atoms with E-state index in [9.17, 15) is 9.59 Å². The van der Waals surface area contributed by atoms with E-state index in [1.807, 2.05) is 11.0 Å². The Labute approximate surface area is 186 Å². The number of fused-ring (bicyclic) bond motifs is 2. The average Bonchev–Trinajstić information content (AvgIpc) is 3.20. The van der Waals surface area contributed by atoms with Crippen LogP contribution in [-0.2, 0) is 26.3 Å². The second-order valence-corrected chi connectivity index (χ2v) is 9.22. The molecule has 1 atom stereocenters. The van der Waals surface area contributed by atoms with E-state index >= 15 is 0 Å². The minimum atomic E-state index is -0.833. The standard InChI is InChI=1S/C20H27N3O3S.C2H4O2/c21-13-18(24)23-9-7-20(8-10-23)15-12-17(27-16(15)6-11-26-20)19(25)22-14-4-2-1-3-5-14;1-2(3)4/h2,4,12,14H,1,3,5-11,13,21H2,(H,22,25);1H3,(H,3,4). The molecule has 1 saturated heterocycles. The second kappa shape index (κ2) is 10.4. The van der Waals surface area contributed by atoms with Crippen molar-refractivity contribution in [1.29, 1.82) is 0 Å². The first-order valence-electron chi connectivity index (χ1n) is 10.8. The van der Waals surface area contributed by atoms with Gasteiger partial charge in [0.1, 0.15) is 0 Å². The van der Waals surface area contributed by atoms with Gasteiger partial charge in [-0.2, -0.15) is 0 Å². The Balaban J connectivity index is 0.000000628. The van der Waals surface area contributed by atoms with Gasteiger partial charge >= 0.3 is 0 Å². The van der Waals surface area contributed by atoms with Crippen LogP contribution in [0.15, 0.2) is 18.2 Å². The molecular formula is C22H31N3O5S. The van der Waals surface area contributed by atoms with Crippen LogP contribution in [0.2, 0.25) is 0 Å². The maximum Gasteiger partial charge on any atom is 0.300 e. The van der Waals surface area contributed by atoms with Gasteiger partial charge in [-0.15, -0.1) is 11.3 Å². The number of nitrogens with zero attached hydrogens (tertiary/aromatic N) is 1. The first-order valence-corrected chi connectivity index (χ1v) is 11.6. The highest BCUT2D eigenvalue weighted by Gasteiger charge is 2.43. The van der Waals surface area contributed by atoms with Crippen molar-refractivity contribution in [1.82, 2.24) is 10.2 Å². The number of hydrogen-bond donors (Lipinski definition) is 3. The Morgan fingerprint density at radius 2 is 2.06 bits per heavy atom. The van der Waals surface area contributed by atoms with E-state index in [1.54, 1.807) is 11.3 Å². The van der Waals surface area contributed by atoms with Gasteiger partial charge in [-0.05, 0) is 43.7 Å². The van der Waals surface area contributed by atoms with Crippen LogP contribution in [0.25, 0.3) is 0 Å². The SMILES string of the molecule is CC(=O)O.NCC(=O)N1CCC2(CC1)OCCc1sc(C(=O)NC3C=CCCC3)cc12. The molecule has 4 N–H and O–H groups in total. The number of aliphatic carboxylic acids is 1. The van der Waals surface area contributed by atoms with Crippen molar-refractivity contribution in [2.75, 3.05) is 26.2 Å². The fraction of sp³-hybridized carbons (Fsp3) is 0.591. The Morgan fingerprint density at radius 1 is 1.35 bits per heavy atom. The lowest BCUT2D eigenvalue weighted by Gasteiger charge is -2.44. The van der Waals surface area contributed by atoms with Gasteiger partial charge in [0.05, 0.1) is 23.6 Å². The van der Waals surface area contributed by atoms with Crippen LogP contribution in [0.3, 0.4) is 0 Å². The smallest absolute Gasteiger partial charge is 0.300 e. The molecule has 1 fully saturated rings. The van der Waals surface area contributed by atoms with Gasteiger partial charge in [-0.25, -0.2) is 0 Å². The summed E-state index contributed by atoms with van der Waals surface area (Å²) in [7, 11) is 0.